The molecule has 1 spiro atoms. The Balaban J connectivity index is 0.00000261. The molecule has 0 aromatic carbocycles. The number of carbonyl (C=O) groups excluding carboxylic acids is 3. The van der Waals surface area contributed by atoms with Gasteiger partial charge >= 0.3 is 6.03 Å². The molecule has 8 heteroatoms. The predicted molar refractivity (Wildman–Crippen MR) is 106 cm³/mol. The molecular weight excluding hydrogens is 368 g/mol. The summed E-state index contributed by atoms with van der Waals surface area (Å²) in [6.07, 6.45) is 5.10. The first kappa shape index (κ1) is 22.0. The van der Waals surface area contributed by atoms with Gasteiger partial charge < -0.3 is 16.0 Å². The van der Waals surface area contributed by atoms with E-state index in [-0.39, 0.29) is 42.2 Å². The quantitative estimate of drug-likeness (QED) is 0.630. The van der Waals surface area contributed by atoms with Crippen molar-refractivity contribution >= 4 is 30.3 Å². The number of nitrogens with one attached hydrogen (secondary N) is 3. The lowest BCUT2D eigenvalue weighted by Gasteiger charge is -2.40. The monoisotopic (exact) mass is 400 g/mol. The average Bonchev–Trinajstić information content (AvgIpc) is 2.79. The van der Waals surface area contributed by atoms with Crippen molar-refractivity contribution in [3.8, 4) is 0 Å². The standard InChI is InChI=1S/C19H32N4O3.ClH/c1-18(2,3)13-6-8-19(9-7-13)16(25)23(17(26)22-19)12-15(24)21-14-5-4-10-20-11-14;/h13-14,20H,4-12H2,1-3H3,(H,21,24)(H,22,26);1H. The van der Waals surface area contributed by atoms with Crippen LogP contribution in [0.2, 0.25) is 0 Å². The molecule has 1 saturated carbocycles. The van der Waals surface area contributed by atoms with Crippen molar-refractivity contribution in [1.29, 1.82) is 0 Å². The summed E-state index contributed by atoms with van der Waals surface area (Å²) in [4.78, 5) is 38.7. The molecule has 0 bridgehead atoms. The van der Waals surface area contributed by atoms with Crippen LogP contribution in [0.1, 0.15) is 59.3 Å². The van der Waals surface area contributed by atoms with Crippen LogP contribution in [-0.2, 0) is 9.59 Å². The van der Waals surface area contributed by atoms with Crippen molar-refractivity contribution in [3.05, 3.63) is 0 Å². The molecule has 0 aromatic heterocycles. The topological polar surface area (TPSA) is 90.5 Å². The normalized spacial score (nSPS) is 31.4. The van der Waals surface area contributed by atoms with Gasteiger partial charge in [-0.15, -0.1) is 12.4 Å². The second kappa shape index (κ2) is 8.35. The summed E-state index contributed by atoms with van der Waals surface area (Å²) in [5.41, 5.74) is -0.591. The summed E-state index contributed by atoms with van der Waals surface area (Å²) in [6, 6.07) is -0.352. The highest BCUT2D eigenvalue weighted by Crippen LogP contribution is 2.43. The summed E-state index contributed by atoms with van der Waals surface area (Å²) in [6.45, 7) is 8.19. The maximum absolute atomic E-state index is 12.9. The molecule has 3 fully saturated rings. The maximum atomic E-state index is 12.9. The Morgan fingerprint density at radius 1 is 1.22 bits per heavy atom. The highest BCUT2D eigenvalue weighted by molar-refractivity contribution is 6.09. The fourth-order valence-corrected chi connectivity index (χ4v) is 4.53. The average molecular weight is 401 g/mol. The van der Waals surface area contributed by atoms with Crippen LogP contribution in [0.4, 0.5) is 4.79 Å². The van der Waals surface area contributed by atoms with E-state index >= 15 is 0 Å². The van der Waals surface area contributed by atoms with E-state index in [0.29, 0.717) is 18.8 Å². The van der Waals surface area contributed by atoms with Crippen molar-refractivity contribution in [2.24, 2.45) is 11.3 Å². The predicted octanol–water partition coefficient (Wildman–Crippen LogP) is 1.80. The molecule has 3 N–H and O–H groups in total. The van der Waals surface area contributed by atoms with Gasteiger partial charge in [-0.25, -0.2) is 4.79 Å². The van der Waals surface area contributed by atoms with Crippen LogP contribution in [0, 0.1) is 11.3 Å². The minimum absolute atomic E-state index is 0. The van der Waals surface area contributed by atoms with Crippen LogP contribution in [-0.4, -0.2) is 54.0 Å². The molecule has 2 saturated heterocycles. The SMILES string of the molecule is CC(C)(C)C1CCC2(CC1)NC(=O)N(CC(=O)NC1CCCNC1)C2=O.Cl. The van der Waals surface area contributed by atoms with Gasteiger partial charge in [0.25, 0.3) is 5.91 Å². The van der Waals surface area contributed by atoms with Crippen molar-refractivity contribution in [2.75, 3.05) is 19.6 Å². The molecule has 27 heavy (non-hydrogen) atoms. The highest BCUT2D eigenvalue weighted by atomic mass is 35.5. The first-order valence-electron chi connectivity index (χ1n) is 9.85. The van der Waals surface area contributed by atoms with E-state index in [9.17, 15) is 14.4 Å². The number of hydrogen-bond acceptors (Lipinski definition) is 4. The maximum Gasteiger partial charge on any atom is 0.325 e. The van der Waals surface area contributed by atoms with Crippen LogP contribution in [0.15, 0.2) is 0 Å². The number of halogens is 1. The lowest BCUT2D eigenvalue weighted by Crippen LogP contribution is -2.52. The van der Waals surface area contributed by atoms with Crippen molar-refractivity contribution < 1.29 is 14.4 Å². The zero-order valence-corrected chi connectivity index (χ0v) is 17.4. The van der Waals surface area contributed by atoms with E-state index in [4.69, 9.17) is 0 Å². The van der Waals surface area contributed by atoms with Gasteiger partial charge in [-0.3, -0.25) is 14.5 Å². The summed E-state index contributed by atoms with van der Waals surface area (Å²) >= 11 is 0. The zero-order chi connectivity index (χ0) is 18.9. The molecule has 3 rings (SSSR count). The molecule has 1 unspecified atom stereocenters. The Labute approximate surface area is 167 Å². The van der Waals surface area contributed by atoms with E-state index in [1.54, 1.807) is 0 Å². The van der Waals surface area contributed by atoms with Gasteiger partial charge in [0, 0.05) is 12.6 Å². The smallest absolute Gasteiger partial charge is 0.325 e. The number of nitrogens with zero attached hydrogens (tertiary/aromatic N) is 1. The van der Waals surface area contributed by atoms with E-state index in [2.05, 4.69) is 36.7 Å². The van der Waals surface area contributed by atoms with E-state index in [1.165, 1.54) is 0 Å². The Morgan fingerprint density at radius 3 is 2.44 bits per heavy atom. The molecule has 2 aliphatic heterocycles. The second-order valence-corrected chi connectivity index (χ2v) is 9.15. The number of amides is 4. The minimum Gasteiger partial charge on any atom is -0.351 e. The van der Waals surface area contributed by atoms with Gasteiger partial charge in [0.2, 0.25) is 5.91 Å². The number of urea groups is 1. The third-order valence-corrected chi connectivity index (χ3v) is 6.27. The summed E-state index contributed by atoms with van der Waals surface area (Å²) in [5, 5.41) is 9.06. The number of hydrogen-bond donors (Lipinski definition) is 3. The minimum atomic E-state index is -0.800. The Morgan fingerprint density at radius 2 is 1.89 bits per heavy atom. The third-order valence-electron chi connectivity index (χ3n) is 6.27. The Hall–Kier alpha value is -1.34. The van der Waals surface area contributed by atoms with Crippen LogP contribution in [0.3, 0.4) is 0 Å². The number of rotatable bonds is 3. The van der Waals surface area contributed by atoms with Crippen LogP contribution >= 0.6 is 12.4 Å². The lowest BCUT2D eigenvalue weighted by atomic mass is 9.67. The number of piperidine rings is 1. The van der Waals surface area contributed by atoms with E-state index in [0.717, 1.165) is 43.7 Å². The van der Waals surface area contributed by atoms with Crippen LogP contribution in [0.5, 0.6) is 0 Å². The third kappa shape index (κ3) is 4.74. The van der Waals surface area contributed by atoms with Crippen molar-refractivity contribution in [1.82, 2.24) is 20.9 Å². The molecule has 154 valence electrons. The van der Waals surface area contributed by atoms with Crippen LogP contribution < -0.4 is 16.0 Å². The van der Waals surface area contributed by atoms with Gasteiger partial charge in [0.15, 0.2) is 0 Å². The molecule has 1 aliphatic carbocycles. The van der Waals surface area contributed by atoms with Gasteiger partial charge in [-0.05, 0) is 56.4 Å². The number of carbonyl (C=O) groups is 3. The molecule has 0 radical (unpaired) electrons. The zero-order valence-electron chi connectivity index (χ0n) is 16.6. The van der Waals surface area contributed by atoms with Gasteiger partial charge in [-0.1, -0.05) is 20.8 Å². The number of imide groups is 1. The molecular formula is C19H33ClN4O3. The van der Waals surface area contributed by atoms with Crippen molar-refractivity contribution in [3.63, 3.8) is 0 Å². The molecule has 7 nitrogen and oxygen atoms in total. The van der Waals surface area contributed by atoms with Gasteiger partial charge in [0.1, 0.15) is 12.1 Å². The van der Waals surface area contributed by atoms with Gasteiger partial charge in [0.05, 0.1) is 0 Å². The van der Waals surface area contributed by atoms with E-state index in [1.807, 2.05) is 0 Å². The molecule has 2 heterocycles. The largest absolute Gasteiger partial charge is 0.351 e. The molecule has 0 aromatic rings. The lowest BCUT2D eigenvalue weighted by molar-refractivity contribution is -0.136. The Kier molecular flexibility index (Phi) is 6.79. The second-order valence-electron chi connectivity index (χ2n) is 9.15. The van der Waals surface area contributed by atoms with E-state index < -0.39 is 11.6 Å². The fourth-order valence-electron chi connectivity index (χ4n) is 4.53. The Bertz CT molecular complexity index is 576. The first-order valence-corrected chi connectivity index (χ1v) is 9.85. The first-order chi connectivity index (χ1) is 12.2. The molecule has 4 amide bonds. The molecule has 1 atom stereocenters. The van der Waals surface area contributed by atoms with Crippen molar-refractivity contribution in [2.45, 2.75) is 70.9 Å². The fraction of sp³-hybridized carbons (Fsp3) is 0.842. The summed E-state index contributed by atoms with van der Waals surface area (Å²) < 4.78 is 0. The van der Waals surface area contributed by atoms with Gasteiger partial charge in [-0.2, -0.15) is 0 Å². The summed E-state index contributed by atoms with van der Waals surface area (Å²) in [7, 11) is 0. The van der Waals surface area contributed by atoms with Crippen LogP contribution in [0.25, 0.3) is 0 Å². The highest BCUT2D eigenvalue weighted by Gasteiger charge is 2.53. The molecule has 3 aliphatic rings. The summed E-state index contributed by atoms with van der Waals surface area (Å²) in [5.74, 6) is 0.0587.